The zero-order valence-electron chi connectivity index (χ0n) is 9.46. The average Bonchev–Trinajstić information content (AvgIpc) is 2.26. The molecule has 0 aromatic heterocycles. The smallest absolute Gasteiger partial charge is 0.251 e. The first-order valence-electron chi connectivity index (χ1n) is 4.85. The van der Waals surface area contributed by atoms with E-state index in [0.717, 1.165) is 0 Å². The fourth-order valence-electron chi connectivity index (χ4n) is 1.43. The number of ketones is 2. The van der Waals surface area contributed by atoms with Gasteiger partial charge >= 0.3 is 0 Å². The summed E-state index contributed by atoms with van der Waals surface area (Å²) in [6.45, 7) is 2.76. The third-order valence-corrected chi connectivity index (χ3v) is 2.27. The minimum absolute atomic E-state index is 0.186. The van der Waals surface area contributed by atoms with E-state index in [4.69, 9.17) is 0 Å². The molecule has 1 aromatic rings. The first-order valence-corrected chi connectivity index (χ1v) is 4.85. The fraction of sp³-hybridized carbons (Fsp3) is 0.250. The Balaban J connectivity index is 3.34. The van der Waals surface area contributed by atoms with Gasteiger partial charge in [0.05, 0.1) is 0 Å². The number of rotatable bonds is 3. The number of carbonyl (C=O) groups is 3. The van der Waals surface area contributed by atoms with Crippen LogP contribution in [0.25, 0.3) is 0 Å². The van der Waals surface area contributed by atoms with Crippen LogP contribution in [0.15, 0.2) is 18.2 Å². The van der Waals surface area contributed by atoms with Gasteiger partial charge in [-0.1, -0.05) is 0 Å². The summed E-state index contributed by atoms with van der Waals surface area (Å²) >= 11 is 0. The van der Waals surface area contributed by atoms with Crippen LogP contribution in [0.5, 0.6) is 0 Å². The van der Waals surface area contributed by atoms with Gasteiger partial charge in [-0.15, -0.1) is 0 Å². The van der Waals surface area contributed by atoms with Crippen LogP contribution in [0.1, 0.15) is 44.9 Å². The van der Waals surface area contributed by atoms with E-state index in [1.54, 1.807) is 0 Å². The highest BCUT2D eigenvalue weighted by molar-refractivity contribution is 6.09. The Labute approximate surface area is 93.7 Å². The van der Waals surface area contributed by atoms with Crippen LogP contribution in [0.2, 0.25) is 0 Å². The second-order valence-corrected chi connectivity index (χ2v) is 3.45. The number of hydrogen-bond acceptors (Lipinski definition) is 3. The highest BCUT2D eigenvalue weighted by Gasteiger charge is 2.14. The van der Waals surface area contributed by atoms with Crippen LogP contribution in [0.3, 0.4) is 0 Å². The monoisotopic (exact) mass is 219 g/mol. The Morgan fingerprint density at radius 1 is 1.00 bits per heavy atom. The lowest BCUT2D eigenvalue weighted by atomic mass is 9.98. The van der Waals surface area contributed by atoms with Gasteiger partial charge in [0.1, 0.15) is 0 Å². The standard InChI is InChI=1S/C12H13NO3/c1-7(14)10-5-4-9(12(16)13-3)6-11(10)8(2)15/h4-6H,1-3H3,(H,13,16). The van der Waals surface area contributed by atoms with E-state index in [2.05, 4.69) is 5.32 Å². The van der Waals surface area contributed by atoms with E-state index >= 15 is 0 Å². The number of nitrogens with one attached hydrogen (secondary N) is 1. The molecule has 1 N–H and O–H groups in total. The molecule has 4 nitrogen and oxygen atoms in total. The fourth-order valence-corrected chi connectivity index (χ4v) is 1.43. The van der Waals surface area contributed by atoms with Crippen LogP contribution < -0.4 is 5.32 Å². The van der Waals surface area contributed by atoms with Crippen molar-refractivity contribution in [2.45, 2.75) is 13.8 Å². The first kappa shape index (κ1) is 12.1. The minimum atomic E-state index is -0.280. The van der Waals surface area contributed by atoms with Crippen molar-refractivity contribution in [2.24, 2.45) is 0 Å². The summed E-state index contributed by atoms with van der Waals surface area (Å²) < 4.78 is 0. The Morgan fingerprint density at radius 2 is 1.56 bits per heavy atom. The Morgan fingerprint density at radius 3 is 2.00 bits per heavy atom. The van der Waals surface area contributed by atoms with Gasteiger partial charge in [-0.25, -0.2) is 0 Å². The molecule has 4 heteroatoms. The maximum absolute atomic E-state index is 11.4. The lowest BCUT2D eigenvalue weighted by Gasteiger charge is -2.06. The average molecular weight is 219 g/mol. The molecular weight excluding hydrogens is 206 g/mol. The summed E-state index contributed by atoms with van der Waals surface area (Å²) in [6, 6.07) is 4.48. The molecule has 0 spiro atoms. The molecule has 16 heavy (non-hydrogen) atoms. The van der Waals surface area contributed by atoms with Crippen LogP contribution in [-0.2, 0) is 0 Å². The summed E-state index contributed by atoms with van der Waals surface area (Å²) in [5, 5.41) is 2.46. The SMILES string of the molecule is CNC(=O)c1ccc(C(C)=O)c(C(C)=O)c1. The Kier molecular flexibility index (Phi) is 3.55. The van der Waals surface area contributed by atoms with Crippen molar-refractivity contribution >= 4 is 17.5 Å². The molecule has 0 atom stereocenters. The van der Waals surface area contributed by atoms with Crippen molar-refractivity contribution in [1.29, 1.82) is 0 Å². The minimum Gasteiger partial charge on any atom is -0.355 e. The van der Waals surface area contributed by atoms with Crippen molar-refractivity contribution in [3.63, 3.8) is 0 Å². The molecule has 0 aliphatic rings. The predicted molar refractivity (Wildman–Crippen MR) is 59.8 cm³/mol. The Hall–Kier alpha value is -1.97. The van der Waals surface area contributed by atoms with Crippen molar-refractivity contribution in [1.82, 2.24) is 5.32 Å². The molecular formula is C12H13NO3. The van der Waals surface area contributed by atoms with Crippen molar-refractivity contribution in [2.75, 3.05) is 7.05 Å². The molecule has 0 unspecified atom stereocenters. The summed E-state index contributed by atoms with van der Waals surface area (Å²) in [5.41, 5.74) is 1.01. The van der Waals surface area contributed by atoms with Gasteiger partial charge in [0.15, 0.2) is 11.6 Å². The molecule has 0 radical (unpaired) electrons. The van der Waals surface area contributed by atoms with E-state index in [1.165, 1.54) is 39.1 Å². The first-order chi connectivity index (χ1) is 7.47. The largest absolute Gasteiger partial charge is 0.355 e. The molecule has 1 amide bonds. The van der Waals surface area contributed by atoms with Gasteiger partial charge in [-0.2, -0.15) is 0 Å². The zero-order chi connectivity index (χ0) is 12.3. The number of amides is 1. The van der Waals surface area contributed by atoms with E-state index in [9.17, 15) is 14.4 Å². The van der Waals surface area contributed by atoms with Crippen molar-refractivity contribution < 1.29 is 14.4 Å². The molecule has 84 valence electrons. The molecule has 0 aliphatic carbocycles. The third-order valence-electron chi connectivity index (χ3n) is 2.27. The molecule has 0 saturated carbocycles. The van der Waals surface area contributed by atoms with E-state index < -0.39 is 0 Å². The lowest BCUT2D eigenvalue weighted by molar-refractivity contribution is 0.0959. The third kappa shape index (κ3) is 2.34. The summed E-state index contributed by atoms with van der Waals surface area (Å²) in [4.78, 5) is 34.0. The summed E-state index contributed by atoms with van der Waals surface area (Å²) in [5.74, 6) is -0.692. The van der Waals surface area contributed by atoms with Crippen molar-refractivity contribution in [3.8, 4) is 0 Å². The normalized spacial score (nSPS) is 9.69. The van der Waals surface area contributed by atoms with Crippen LogP contribution in [-0.4, -0.2) is 24.5 Å². The van der Waals surface area contributed by atoms with Gasteiger partial charge in [0.2, 0.25) is 0 Å². The van der Waals surface area contributed by atoms with Gasteiger partial charge in [-0.3, -0.25) is 14.4 Å². The molecule has 0 heterocycles. The highest BCUT2D eigenvalue weighted by atomic mass is 16.1. The zero-order valence-corrected chi connectivity index (χ0v) is 9.46. The molecule has 1 rings (SSSR count). The van der Waals surface area contributed by atoms with E-state index in [0.29, 0.717) is 11.1 Å². The molecule has 0 aliphatic heterocycles. The van der Waals surface area contributed by atoms with Crippen LogP contribution in [0, 0.1) is 0 Å². The molecule has 0 saturated heterocycles. The quantitative estimate of drug-likeness (QED) is 0.782. The number of Topliss-reactive ketones (excluding diaryl/α,β-unsaturated/α-hetero) is 2. The van der Waals surface area contributed by atoms with Gasteiger partial charge in [0.25, 0.3) is 5.91 Å². The highest BCUT2D eigenvalue weighted by Crippen LogP contribution is 2.13. The number of carbonyl (C=O) groups excluding carboxylic acids is 3. The van der Waals surface area contributed by atoms with Crippen molar-refractivity contribution in [3.05, 3.63) is 34.9 Å². The van der Waals surface area contributed by atoms with Crippen LogP contribution in [0.4, 0.5) is 0 Å². The topological polar surface area (TPSA) is 63.2 Å². The second-order valence-electron chi connectivity index (χ2n) is 3.45. The molecule has 0 fully saturated rings. The number of benzene rings is 1. The van der Waals surface area contributed by atoms with Gasteiger partial charge < -0.3 is 5.32 Å². The number of hydrogen-bond donors (Lipinski definition) is 1. The predicted octanol–water partition coefficient (Wildman–Crippen LogP) is 1.45. The van der Waals surface area contributed by atoms with E-state index in [-0.39, 0.29) is 23.0 Å². The maximum Gasteiger partial charge on any atom is 0.251 e. The van der Waals surface area contributed by atoms with Gasteiger partial charge in [-0.05, 0) is 32.0 Å². The molecule has 1 aromatic carbocycles. The Bertz CT molecular complexity index is 463. The second kappa shape index (κ2) is 4.70. The van der Waals surface area contributed by atoms with Crippen LogP contribution >= 0.6 is 0 Å². The summed E-state index contributed by atoms with van der Waals surface area (Å²) in [6.07, 6.45) is 0. The molecule has 0 bridgehead atoms. The van der Waals surface area contributed by atoms with E-state index in [1.807, 2.05) is 0 Å². The lowest BCUT2D eigenvalue weighted by Crippen LogP contribution is -2.18. The summed E-state index contributed by atoms with van der Waals surface area (Å²) in [7, 11) is 1.51. The maximum atomic E-state index is 11.4. The van der Waals surface area contributed by atoms with Gasteiger partial charge in [0, 0.05) is 23.7 Å².